The molecule has 1 rings (SSSR count). The molecule has 0 aromatic heterocycles. The van der Waals surface area contributed by atoms with Crippen LogP contribution >= 0.6 is 24.8 Å². The number of hydrogen-bond acceptors (Lipinski definition) is 2. The molecule has 2 N–H and O–H groups in total. The smallest absolute Gasteiger partial charge is 0.127 e. The summed E-state index contributed by atoms with van der Waals surface area (Å²) < 4.78 is 13.2. The van der Waals surface area contributed by atoms with E-state index >= 15 is 0 Å². The minimum absolute atomic E-state index is 0. The summed E-state index contributed by atoms with van der Waals surface area (Å²) in [6.07, 6.45) is 0. The first-order valence-electron chi connectivity index (χ1n) is 4.25. The molecule has 88 valence electrons. The Bertz CT molecular complexity index is 293. The Balaban J connectivity index is 0. The van der Waals surface area contributed by atoms with Gasteiger partial charge in [0.15, 0.2) is 0 Å². The van der Waals surface area contributed by atoms with E-state index in [1.54, 1.807) is 6.07 Å². The number of hydrogen-bond donors (Lipinski definition) is 1. The lowest BCUT2D eigenvalue weighted by Gasteiger charge is -2.11. The molecular formula is C10H17Cl2FN2. The monoisotopic (exact) mass is 254 g/mol. The van der Waals surface area contributed by atoms with Gasteiger partial charge in [0.1, 0.15) is 5.82 Å². The van der Waals surface area contributed by atoms with Crippen molar-refractivity contribution in [1.29, 1.82) is 0 Å². The van der Waals surface area contributed by atoms with Gasteiger partial charge in [-0.25, -0.2) is 4.39 Å². The lowest BCUT2D eigenvalue weighted by molar-refractivity contribution is 0.392. The van der Waals surface area contributed by atoms with E-state index in [0.717, 1.165) is 5.56 Å². The van der Waals surface area contributed by atoms with Crippen molar-refractivity contribution in [3.05, 3.63) is 35.1 Å². The highest BCUT2D eigenvalue weighted by Gasteiger charge is 2.03. The number of nitrogens with zero attached hydrogens (tertiary/aromatic N) is 1. The lowest BCUT2D eigenvalue weighted by Crippen LogP contribution is -2.12. The third-order valence-corrected chi connectivity index (χ3v) is 1.83. The first-order chi connectivity index (χ1) is 6.13. The second-order valence-corrected chi connectivity index (χ2v) is 3.37. The molecule has 0 atom stereocenters. The summed E-state index contributed by atoms with van der Waals surface area (Å²) in [5, 5.41) is 0. The summed E-state index contributed by atoms with van der Waals surface area (Å²) in [5.74, 6) is -0.161. The fourth-order valence-corrected chi connectivity index (χ4v) is 1.22. The summed E-state index contributed by atoms with van der Waals surface area (Å²) >= 11 is 0. The van der Waals surface area contributed by atoms with Crippen molar-refractivity contribution in [2.75, 3.05) is 14.1 Å². The molecule has 0 saturated heterocycles. The van der Waals surface area contributed by atoms with E-state index in [1.165, 1.54) is 6.07 Å². The van der Waals surface area contributed by atoms with E-state index in [9.17, 15) is 4.39 Å². The summed E-state index contributed by atoms with van der Waals surface area (Å²) in [6, 6.07) is 5.00. The molecule has 0 aliphatic heterocycles. The summed E-state index contributed by atoms with van der Waals surface area (Å²) in [6.45, 7) is 1.07. The number of rotatable bonds is 3. The zero-order valence-corrected chi connectivity index (χ0v) is 10.5. The Kier molecular flexibility index (Phi) is 8.96. The molecule has 0 aliphatic carbocycles. The Labute approximate surface area is 102 Å². The van der Waals surface area contributed by atoms with Crippen LogP contribution in [0.15, 0.2) is 18.2 Å². The molecule has 0 aliphatic rings. The van der Waals surface area contributed by atoms with Crippen molar-refractivity contribution in [3.8, 4) is 0 Å². The summed E-state index contributed by atoms with van der Waals surface area (Å²) in [4.78, 5) is 1.93. The van der Waals surface area contributed by atoms with Gasteiger partial charge < -0.3 is 10.6 Å². The molecule has 0 bridgehead atoms. The topological polar surface area (TPSA) is 29.3 Å². The van der Waals surface area contributed by atoms with E-state index in [2.05, 4.69) is 0 Å². The normalized spacial score (nSPS) is 9.40. The molecule has 0 unspecified atom stereocenters. The van der Waals surface area contributed by atoms with E-state index in [0.29, 0.717) is 18.7 Å². The fourth-order valence-electron chi connectivity index (χ4n) is 1.22. The maximum atomic E-state index is 13.2. The molecule has 1 aromatic carbocycles. The molecule has 0 fully saturated rings. The van der Waals surface area contributed by atoms with Gasteiger partial charge >= 0.3 is 0 Å². The van der Waals surface area contributed by atoms with Crippen LogP contribution in [-0.4, -0.2) is 19.0 Å². The van der Waals surface area contributed by atoms with Gasteiger partial charge in [0.25, 0.3) is 0 Å². The minimum atomic E-state index is -0.161. The van der Waals surface area contributed by atoms with Crippen LogP contribution in [0.3, 0.4) is 0 Å². The lowest BCUT2D eigenvalue weighted by atomic mass is 10.1. The zero-order chi connectivity index (χ0) is 9.84. The first kappa shape index (κ1) is 17.1. The van der Waals surface area contributed by atoms with Crippen LogP contribution in [0.4, 0.5) is 4.39 Å². The largest absolute Gasteiger partial charge is 0.326 e. The predicted octanol–water partition coefficient (Wildman–Crippen LogP) is 2.19. The number of benzene rings is 1. The van der Waals surface area contributed by atoms with Crippen LogP contribution in [0.25, 0.3) is 0 Å². The van der Waals surface area contributed by atoms with Gasteiger partial charge in [-0.2, -0.15) is 0 Å². The van der Waals surface area contributed by atoms with Crippen molar-refractivity contribution >= 4 is 24.8 Å². The van der Waals surface area contributed by atoms with Gasteiger partial charge in [-0.15, -0.1) is 24.8 Å². The van der Waals surface area contributed by atoms with Gasteiger partial charge in [0.2, 0.25) is 0 Å². The summed E-state index contributed by atoms with van der Waals surface area (Å²) in [5.41, 5.74) is 7.14. The maximum absolute atomic E-state index is 13.2. The Morgan fingerprint density at radius 1 is 1.27 bits per heavy atom. The van der Waals surface area contributed by atoms with Crippen LogP contribution in [0.1, 0.15) is 11.1 Å². The van der Waals surface area contributed by atoms with Gasteiger partial charge in [-0.1, -0.05) is 12.1 Å². The SMILES string of the molecule is CN(C)Cc1cc(CN)ccc1F.Cl.Cl. The van der Waals surface area contributed by atoms with E-state index in [-0.39, 0.29) is 30.6 Å². The standard InChI is InChI=1S/C10H15FN2.2ClH/c1-13(2)7-9-5-8(6-12)3-4-10(9)11;;/h3-5H,6-7,12H2,1-2H3;2*1H. The summed E-state index contributed by atoms with van der Waals surface area (Å²) in [7, 11) is 3.82. The molecule has 0 spiro atoms. The molecule has 5 heteroatoms. The zero-order valence-electron chi connectivity index (χ0n) is 8.87. The first-order valence-corrected chi connectivity index (χ1v) is 4.25. The Morgan fingerprint density at radius 3 is 2.33 bits per heavy atom. The van der Waals surface area contributed by atoms with Crippen molar-refractivity contribution in [2.45, 2.75) is 13.1 Å². The quantitative estimate of drug-likeness (QED) is 0.897. The fraction of sp³-hybridized carbons (Fsp3) is 0.400. The average Bonchev–Trinajstić information content (AvgIpc) is 2.08. The van der Waals surface area contributed by atoms with Crippen LogP contribution in [-0.2, 0) is 13.1 Å². The van der Waals surface area contributed by atoms with Gasteiger partial charge in [0.05, 0.1) is 0 Å². The van der Waals surface area contributed by atoms with Crippen LogP contribution in [0.2, 0.25) is 0 Å². The van der Waals surface area contributed by atoms with Gasteiger partial charge in [0, 0.05) is 18.7 Å². The highest BCUT2D eigenvalue weighted by molar-refractivity contribution is 5.85. The third-order valence-electron chi connectivity index (χ3n) is 1.83. The number of nitrogens with two attached hydrogens (primary N) is 1. The van der Waals surface area contributed by atoms with Crippen molar-refractivity contribution < 1.29 is 4.39 Å². The molecule has 2 nitrogen and oxygen atoms in total. The van der Waals surface area contributed by atoms with E-state index < -0.39 is 0 Å². The second kappa shape index (κ2) is 7.88. The van der Waals surface area contributed by atoms with Crippen molar-refractivity contribution in [1.82, 2.24) is 4.90 Å². The Hall–Kier alpha value is -0.350. The van der Waals surface area contributed by atoms with Crippen molar-refractivity contribution in [2.24, 2.45) is 5.73 Å². The van der Waals surface area contributed by atoms with Crippen LogP contribution in [0, 0.1) is 5.82 Å². The van der Waals surface area contributed by atoms with E-state index in [1.807, 2.05) is 25.1 Å². The van der Waals surface area contributed by atoms with Crippen molar-refractivity contribution in [3.63, 3.8) is 0 Å². The molecule has 0 amide bonds. The van der Waals surface area contributed by atoms with Gasteiger partial charge in [-0.3, -0.25) is 0 Å². The van der Waals surface area contributed by atoms with Crippen LogP contribution < -0.4 is 5.73 Å². The maximum Gasteiger partial charge on any atom is 0.127 e. The second-order valence-electron chi connectivity index (χ2n) is 3.37. The molecular weight excluding hydrogens is 238 g/mol. The molecule has 15 heavy (non-hydrogen) atoms. The molecule has 0 radical (unpaired) electrons. The van der Waals surface area contributed by atoms with Crippen LogP contribution in [0.5, 0.6) is 0 Å². The Morgan fingerprint density at radius 2 is 1.87 bits per heavy atom. The average molecular weight is 255 g/mol. The van der Waals surface area contributed by atoms with Gasteiger partial charge in [-0.05, 0) is 25.7 Å². The molecule has 0 heterocycles. The highest BCUT2D eigenvalue weighted by atomic mass is 35.5. The molecule has 1 aromatic rings. The predicted molar refractivity (Wildman–Crippen MR) is 66.2 cm³/mol. The minimum Gasteiger partial charge on any atom is -0.326 e. The third kappa shape index (κ3) is 5.33. The number of halogens is 3. The molecule has 0 saturated carbocycles. The van der Waals surface area contributed by atoms with E-state index in [4.69, 9.17) is 5.73 Å². The highest BCUT2D eigenvalue weighted by Crippen LogP contribution is 2.11.